The molecule has 0 unspecified atom stereocenters. The van der Waals surface area contributed by atoms with Crippen molar-refractivity contribution in [2.75, 3.05) is 11.9 Å². The number of nitro groups is 1. The van der Waals surface area contributed by atoms with Gasteiger partial charge in [-0.3, -0.25) is 15.1 Å². The van der Waals surface area contributed by atoms with Crippen LogP contribution in [0.15, 0.2) is 30.6 Å². The predicted molar refractivity (Wildman–Crippen MR) is 82.3 cm³/mol. The molecule has 1 aromatic carbocycles. The topological polar surface area (TPSA) is 88.3 Å². The second kappa shape index (κ2) is 5.65. The lowest BCUT2D eigenvalue weighted by Crippen LogP contribution is -2.32. The molecule has 2 N–H and O–H groups in total. The first kappa shape index (κ1) is 15.2. The summed E-state index contributed by atoms with van der Waals surface area (Å²) in [4.78, 5) is 14.6. The maximum absolute atomic E-state index is 11.0. The zero-order chi connectivity index (χ0) is 15.6. The summed E-state index contributed by atoms with van der Waals surface area (Å²) < 4.78 is 0. The van der Waals surface area contributed by atoms with Crippen LogP contribution in [-0.2, 0) is 0 Å². The molecule has 0 aliphatic heterocycles. The van der Waals surface area contributed by atoms with Crippen LogP contribution >= 0.6 is 0 Å². The van der Waals surface area contributed by atoms with E-state index in [1.54, 1.807) is 18.3 Å². The Balaban J connectivity index is 2.34. The first-order valence-corrected chi connectivity index (χ1v) is 6.74. The van der Waals surface area contributed by atoms with Crippen LogP contribution in [-0.4, -0.2) is 27.7 Å². The van der Waals surface area contributed by atoms with E-state index < -0.39 is 11.0 Å². The normalized spacial score (nSPS) is 13.1. The fraction of sp³-hybridized carbons (Fsp3) is 0.400. The van der Waals surface area contributed by atoms with Crippen LogP contribution in [0.1, 0.15) is 20.8 Å². The van der Waals surface area contributed by atoms with Crippen LogP contribution in [0.3, 0.4) is 0 Å². The second-order valence-electron chi connectivity index (χ2n) is 6.07. The minimum absolute atomic E-state index is 0.0278. The van der Waals surface area contributed by atoms with Gasteiger partial charge in [-0.05, 0) is 17.5 Å². The molecule has 6 nitrogen and oxygen atoms in total. The van der Waals surface area contributed by atoms with Gasteiger partial charge in [-0.2, -0.15) is 0 Å². The van der Waals surface area contributed by atoms with E-state index in [2.05, 4.69) is 10.3 Å². The minimum atomic E-state index is -0.524. The first-order chi connectivity index (χ1) is 9.80. The lowest BCUT2D eigenvalue weighted by Gasteiger charge is -2.26. The van der Waals surface area contributed by atoms with Crippen molar-refractivity contribution in [3.8, 4) is 0 Å². The number of anilines is 1. The van der Waals surface area contributed by atoms with Crippen LogP contribution in [0.5, 0.6) is 0 Å². The Kier molecular flexibility index (Phi) is 4.09. The minimum Gasteiger partial charge on any atom is -0.391 e. The predicted octanol–water partition coefficient (Wildman–Crippen LogP) is 2.96. The number of fused-ring (bicyclic) bond motifs is 1. The molecule has 0 saturated carbocycles. The molecule has 6 heteroatoms. The quantitative estimate of drug-likeness (QED) is 0.667. The molecular weight excluding hydrogens is 270 g/mol. The van der Waals surface area contributed by atoms with Gasteiger partial charge in [0.25, 0.3) is 5.69 Å². The highest BCUT2D eigenvalue weighted by molar-refractivity contribution is 5.99. The first-order valence-electron chi connectivity index (χ1n) is 6.74. The third-order valence-electron chi connectivity index (χ3n) is 3.48. The van der Waals surface area contributed by atoms with E-state index in [4.69, 9.17) is 0 Å². The molecule has 112 valence electrons. The fourth-order valence-corrected chi connectivity index (χ4v) is 2.00. The third kappa shape index (κ3) is 3.28. The molecule has 0 aliphatic carbocycles. The van der Waals surface area contributed by atoms with E-state index in [9.17, 15) is 15.2 Å². The van der Waals surface area contributed by atoms with Gasteiger partial charge in [-0.15, -0.1) is 0 Å². The van der Waals surface area contributed by atoms with Crippen molar-refractivity contribution in [2.24, 2.45) is 5.41 Å². The van der Waals surface area contributed by atoms with E-state index in [1.807, 2.05) is 20.8 Å². The van der Waals surface area contributed by atoms with Gasteiger partial charge in [0.1, 0.15) is 0 Å². The average Bonchev–Trinajstić information content (AvgIpc) is 2.42. The van der Waals surface area contributed by atoms with Crippen LogP contribution < -0.4 is 5.32 Å². The molecular formula is C15H19N3O3. The number of nitrogens with zero attached hydrogens (tertiary/aromatic N) is 2. The molecule has 0 amide bonds. The molecule has 1 aromatic heterocycles. The number of non-ortho nitro benzene ring substituents is 1. The summed E-state index contributed by atoms with van der Waals surface area (Å²) in [6.07, 6.45) is 2.56. The molecule has 0 aliphatic rings. The maximum atomic E-state index is 11.0. The Hall–Kier alpha value is -2.21. The number of aliphatic hydroxyl groups excluding tert-OH is 1. The average molecular weight is 289 g/mol. The van der Waals surface area contributed by atoms with Gasteiger partial charge in [0, 0.05) is 36.1 Å². The number of nitro benzene ring substituents is 1. The van der Waals surface area contributed by atoms with Crippen molar-refractivity contribution in [1.82, 2.24) is 4.98 Å². The molecule has 21 heavy (non-hydrogen) atoms. The monoisotopic (exact) mass is 289 g/mol. The zero-order valence-corrected chi connectivity index (χ0v) is 12.3. The number of aliphatic hydroxyl groups is 1. The Morgan fingerprint density at radius 3 is 2.67 bits per heavy atom. The Bertz CT molecular complexity index is 665. The van der Waals surface area contributed by atoms with Crippen molar-refractivity contribution >= 4 is 22.1 Å². The largest absolute Gasteiger partial charge is 0.391 e. The molecule has 2 rings (SSSR count). The number of nitrogens with one attached hydrogen (secondary N) is 1. The molecule has 0 radical (unpaired) electrons. The molecule has 0 saturated heterocycles. The lowest BCUT2D eigenvalue weighted by atomic mass is 9.89. The van der Waals surface area contributed by atoms with Crippen LogP contribution in [0.2, 0.25) is 0 Å². The van der Waals surface area contributed by atoms with Crippen LogP contribution in [0.4, 0.5) is 11.4 Å². The number of pyridine rings is 1. The third-order valence-corrected chi connectivity index (χ3v) is 3.48. The van der Waals surface area contributed by atoms with Crippen molar-refractivity contribution in [3.05, 3.63) is 40.7 Å². The van der Waals surface area contributed by atoms with Crippen molar-refractivity contribution in [1.29, 1.82) is 0 Å². The summed E-state index contributed by atoms with van der Waals surface area (Å²) in [5.74, 6) is 0. The Labute approximate surface area is 123 Å². The summed E-state index contributed by atoms with van der Waals surface area (Å²) in [7, 11) is 0. The number of rotatable bonds is 4. The number of aromatic nitrogens is 1. The Morgan fingerprint density at radius 2 is 2.05 bits per heavy atom. The molecule has 1 heterocycles. The smallest absolute Gasteiger partial charge is 0.278 e. The van der Waals surface area contributed by atoms with Gasteiger partial charge in [-0.25, -0.2) is 0 Å². The van der Waals surface area contributed by atoms with Crippen molar-refractivity contribution < 1.29 is 10.0 Å². The highest BCUT2D eigenvalue weighted by atomic mass is 16.6. The zero-order valence-electron chi connectivity index (χ0n) is 12.3. The highest BCUT2D eigenvalue weighted by Gasteiger charge is 2.22. The SMILES string of the molecule is CC(C)(C)[C@H](O)CNc1ccc([N+](=O)[O-])c2cnccc12. The fourth-order valence-electron chi connectivity index (χ4n) is 2.00. The van der Waals surface area contributed by atoms with E-state index >= 15 is 0 Å². The second-order valence-corrected chi connectivity index (χ2v) is 6.07. The van der Waals surface area contributed by atoms with Gasteiger partial charge < -0.3 is 10.4 Å². The van der Waals surface area contributed by atoms with E-state index in [0.717, 1.165) is 11.1 Å². The van der Waals surface area contributed by atoms with E-state index in [-0.39, 0.29) is 11.1 Å². The number of benzene rings is 1. The van der Waals surface area contributed by atoms with Gasteiger partial charge in [-0.1, -0.05) is 20.8 Å². The molecule has 2 aromatic rings. The van der Waals surface area contributed by atoms with Crippen LogP contribution in [0.25, 0.3) is 10.8 Å². The van der Waals surface area contributed by atoms with Crippen LogP contribution in [0, 0.1) is 15.5 Å². The summed E-state index contributed by atoms with van der Waals surface area (Å²) in [5.41, 5.74) is 0.548. The summed E-state index contributed by atoms with van der Waals surface area (Å²) in [5, 5.41) is 25.5. The maximum Gasteiger partial charge on any atom is 0.278 e. The summed E-state index contributed by atoms with van der Waals surface area (Å²) >= 11 is 0. The molecule has 0 bridgehead atoms. The Morgan fingerprint density at radius 1 is 1.33 bits per heavy atom. The van der Waals surface area contributed by atoms with Gasteiger partial charge >= 0.3 is 0 Å². The number of hydrogen-bond donors (Lipinski definition) is 2. The lowest BCUT2D eigenvalue weighted by molar-refractivity contribution is -0.383. The molecule has 1 atom stereocenters. The van der Waals surface area contributed by atoms with E-state index in [1.165, 1.54) is 12.3 Å². The van der Waals surface area contributed by atoms with E-state index in [0.29, 0.717) is 11.9 Å². The van der Waals surface area contributed by atoms with Gasteiger partial charge in [0.05, 0.1) is 16.4 Å². The van der Waals surface area contributed by atoms with Gasteiger partial charge in [0.2, 0.25) is 0 Å². The molecule has 0 spiro atoms. The van der Waals surface area contributed by atoms with Crippen molar-refractivity contribution in [2.45, 2.75) is 26.9 Å². The summed E-state index contributed by atoms with van der Waals surface area (Å²) in [6.45, 7) is 6.24. The van der Waals surface area contributed by atoms with Gasteiger partial charge in [0.15, 0.2) is 0 Å². The van der Waals surface area contributed by atoms with Crippen molar-refractivity contribution in [3.63, 3.8) is 0 Å². The highest BCUT2D eigenvalue weighted by Crippen LogP contribution is 2.31. The molecule has 0 fully saturated rings. The standard InChI is InChI=1S/C15H19N3O3/c1-15(2,3)14(19)9-17-12-4-5-13(18(20)21)11-8-16-7-6-10(11)12/h4-8,14,17,19H,9H2,1-3H3/t14-/m1/s1. The summed E-state index contributed by atoms with van der Waals surface area (Å²) in [6, 6.07) is 4.85. The number of hydrogen-bond acceptors (Lipinski definition) is 5.